The van der Waals surface area contributed by atoms with Crippen molar-refractivity contribution in [3.8, 4) is 0 Å². The van der Waals surface area contributed by atoms with Gasteiger partial charge in [-0.25, -0.2) is 4.98 Å². The van der Waals surface area contributed by atoms with Gasteiger partial charge in [0.2, 0.25) is 5.95 Å². The van der Waals surface area contributed by atoms with Crippen molar-refractivity contribution in [2.75, 3.05) is 18.5 Å². The summed E-state index contributed by atoms with van der Waals surface area (Å²) in [6.07, 6.45) is 1.75. The maximum Gasteiger partial charge on any atom is 0.214 e. The van der Waals surface area contributed by atoms with E-state index in [1.807, 2.05) is 0 Å². The largest absolute Gasteiger partial charge is 0.396 e. The lowest BCUT2D eigenvalue weighted by molar-refractivity contribution is 0.258. The molecule has 2 N–H and O–H groups in total. The first kappa shape index (κ1) is 11.9. The zero-order valence-corrected chi connectivity index (χ0v) is 8.91. The topological polar surface area (TPSA) is 45.1 Å². The van der Waals surface area contributed by atoms with Gasteiger partial charge in [-0.15, -0.1) is 0 Å². The molecule has 0 saturated heterocycles. The number of hydrogen-bond acceptors (Lipinski definition) is 3. The van der Waals surface area contributed by atoms with Gasteiger partial charge in [-0.05, 0) is 24.5 Å². The van der Waals surface area contributed by atoms with Crippen molar-refractivity contribution in [1.29, 1.82) is 0 Å². The molecule has 0 aromatic carbocycles. The number of aliphatic hydroxyl groups is 1. The van der Waals surface area contributed by atoms with E-state index in [0.717, 1.165) is 12.8 Å². The molecule has 0 spiro atoms. The lowest BCUT2D eigenvalue weighted by atomic mass is 10.0. The fraction of sp³-hybridized carbons (Fsp3) is 0.545. The molecule has 3 nitrogen and oxygen atoms in total. The van der Waals surface area contributed by atoms with Crippen molar-refractivity contribution < 1.29 is 9.50 Å². The number of pyridine rings is 1. The van der Waals surface area contributed by atoms with Crippen LogP contribution in [0.1, 0.15) is 19.8 Å². The molecule has 0 aliphatic carbocycles. The van der Waals surface area contributed by atoms with Crippen LogP contribution < -0.4 is 5.32 Å². The van der Waals surface area contributed by atoms with Gasteiger partial charge in [0.15, 0.2) is 0 Å². The van der Waals surface area contributed by atoms with Crippen molar-refractivity contribution in [1.82, 2.24) is 4.98 Å². The molecule has 15 heavy (non-hydrogen) atoms. The van der Waals surface area contributed by atoms with Crippen molar-refractivity contribution in [2.45, 2.75) is 19.8 Å². The SMILES string of the molecule is CCC(CCO)CNc1cccc(F)n1. The first-order chi connectivity index (χ1) is 7.26. The Bertz CT molecular complexity index is 294. The second-order valence-electron chi connectivity index (χ2n) is 3.51. The van der Waals surface area contributed by atoms with Gasteiger partial charge < -0.3 is 10.4 Å². The average Bonchev–Trinajstić information content (AvgIpc) is 2.24. The number of nitrogens with one attached hydrogen (secondary N) is 1. The Balaban J connectivity index is 2.41. The summed E-state index contributed by atoms with van der Waals surface area (Å²) in [5.74, 6) is 0.474. The Labute approximate surface area is 89.4 Å². The monoisotopic (exact) mass is 212 g/mol. The van der Waals surface area contributed by atoms with E-state index in [2.05, 4.69) is 17.2 Å². The number of aromatic nitrogens is 1. The minimum Gasteiger partial charge on any atom is -0.396 e. The Morgan fingerprint density at radius 3 is 2.93 bits per heavy atom. The first-order valence-electron chi connectivity index (χ1n) is 5.23. The second-order valence-corrected chi connectivity index (χ2v) is 3.51. The van der Waals surface area contributed by atoms with E-state index < -0.39 is 5.95 Å². The third-order valence-electron chi connectivity index (χ3n) is 2.40. The van der Waals surface area contributed by atoms with Gasteiger partial charge in [-0.1, -0.05) is 19.4 Å². The molecule has 1 aromatic rings. The van der Waals surface area contributed by atoms with Crippen molar-refractivity contribution in [3.63, 3.8) is 0 Å². The summed E-state index contributed by atoms with van der Waals surface area (Å²) in [6, 6.07) is 4.67. The van der Waals surface area contributed by atoms with Crippen molar-refractivity contribution in [3.05, 3.63) is 24.1 Å². The molecule has 1 unspecified atom stereocenters. The molecule has 1 atom stereocenters. The van der Waals surface area contributed by atoms with Gasteiger partial charge in [-0.3, -0.25) is 0 Å². The van der Waals surface area contributed by atoms with Gasteiger partial charge >= 0.3 is 0 Å². The predicted octanol–water partition coefficient (Wildman–Crippen LogP) is 2.04. The fourth-order valence-corrected chi connectivity index (χ4v) is 1.39. The molecular weight excluding hydrogens is 195 g/mol. The molecular formula is C11H17FN2O. The zero-order valence-electron chi connectivity index (χ0n) is 8.91. The molecule has 4 heteroatoms. The molecule has 0 bridgehead atoms. The van der Waals surface area contributed by atoms with Gasteiger partial charge in [0.25, 0.3) is 0 Å². The smallest absolute Gasteiger partial charge is 0.214 e. The number of rotatable bonds is 6. The highest BCUT2D eigenvalue weighted by atomic mass is 19.1. The van der Waals surface area contributed by atoms with E-state index in [4.69, 9.17) is 5.11 Å². The van der Waals surface area contributed by atoms with Crippen LogP contribution in [0.2, 0.25) is 0 Å². The quantitative estimate of drug-likeness (QED) is 0.709. The summed E-state index contributed by atoms with van der Waals surface area (Å²) in [5.41, 5.74) is 0. The molecule has 1 aromatic heterocycles. The Hall–Kier alpha value is -1.16. The van der Waals surface area contributed by atoms with Crippen molar-refractivity contribution in [2.24, 2.45) is 5.92 Å². The molecule has 0 amide bonds. The van der Waals surface area contributed by atoms with Crippen LogP contribution >= 0.6 is 0 Å². The highest BCUT2D eigenvalue weighted by molar-refractivity contribution is 5.33. The summed E-state index contributed by atoms with van der Waals surface area (Å²) in [6.45, 7) is 2.98. The number of halogens is 1. The summed E-state index contributed by atoms with van der Waals surface area (Å²) < 4.78 is 12.7. The van der Waals surface area contributed by atoms with Gasteiger partial charge in [0, 0.05) is 13.2 Å². The summed E-state index contributed by atoms with van der Waals surface area (Å²) >= 11 is 0. The Morgan fingerprint density at radius 2 is 2.33 bits per heavy atom. The molecule has 0 aliphatic heterocycles. The summed E-state index contributed by atoms with van der Waals surface area (Å²) in [4.78, 5) is 3.70. The maximum atomic E-state index is 12.7. The van der Waals surface area contributed by atoms with Crippen molar-refractivity contribution >= 4 is 5.82 Å². The minimum absolute atomic E-state index is 0.191. The van der Waals surface area contributed by atoms with E-state index >= 15 is 0 Å². The van der Waals surface area contributed by atoms with Gasteiger partial charge in [0.1, 0.15) is 5.82 Å². The Morgan fingerprint density at radius 1 is 1.53 bits per heavy atom. The molecule has 0 saturated carbocycles. The normalized spacial score (nSPS) is 12.5. The third-order valence-corrected chi connectivity index (χ3v) is 2.40. The molecule has 1 heterocycles. The summed E-state index contributed by atoms with van der Waals surface area (Å²) in [7, 11) is 0. The van der Waals surface area contributed by atoms with E-state index in [9.17, 15) is 4.39 Å². The van der Waals surface area contributed by atoms with Crippen LogP contribution in [0.4, 0.5) is 10.2 Å². The molecule has 1 rings (SSSR count). The number of nitrogens with zero attached hydrogens (tertiary/aromatic N) is 1. The number of hydrogen-bond donors (Lipinski definition) is 2. The van der Waals surface area contributed by atoms with Crippen LogP contribution in [0, 0.1) is 11.9 Å². The van der Waals surface area contributed by atoms with E-state index in [0.29, 0.717) is 18.3 Å². The molecule has 84 valence electrons. The van der Waals surface area contributed by atoms with Crippen LogP contribution in [0.3, 0.4) is 0 Å². The van der Waals surface area contributed by atoms with E-state index in [1.54, 1.807) is 12.1 Å². The Kier molecular flexibility index (Phi) is 5.04. The van der Waals surface area contributed by atoms with Crippen LogP contribution in [0.25, 0.3) is 0 Å². The average molecular weight is 212 g/mol. The van der Waals surface area contributed by atoms with Gasteiger partial charge in [0.05, 0.1) is 0 Å². The molecule has 0 aliphatic rings. The van der Waals surface area contributed by atoms with Crippen LogP contribution in [-0.2, 0) is 0 Å². The zero-order chi connectivity index (χ0) is 11.1. The summed E-state index contributed by atoms with van der Waals surface area (Å²) in [5, 5.41) is 11.9. The highest BCUT2D eigenvalue weighted by Crippen LogP contribution is 2.10. The van der Waals surface area contributed by atoms with Crippen LogP contribution in [0.5, 0.6) is 0 Å². The standard InChI is InChI=1S/C11H17FN2O/c1-2-9(6-7-15)8-13-11-5-3-4-10(12)14-11/h3-5,9,15H,2,6-8H2,1H3,(H,13,14). The molecule has 0 radical (unpaired) electrons. The predicted molar refractivity (Wildman–Crippen MR) is 58.2 cm³/mol. The first-order valence-corrected chi connectivity index (χ1v) is 5.23. The van der Waals surface area contributed by atoms with Crippen LogP contribution in [-0.4, -0.2) is 23.2 Å². The number of aliphatic hydroxyl groups excluding tert-OH is 1. The number of anilines is 1. The maximum absolute atomic E-state index is 12.7. The second kappa shape index (κ2) is 6.35. The third kappa shape index (κ3) is 4.25. The van der Waals surface area contributed by atoms with E-state index in [-0.39, 0.29) is 6.61 Å². The fourth-order valence-electron chi connectivity index (χ4n) is 1.39. The van der Waals surface area contributed by atoms with E-state index in [1.165, 1.54) is 6.07 Å². The minimum atomic E-state index is -0.477. The van der Waals surface area contributed by atoms with Crippen LogP contribution in [0.15, 0.2) is 18.2 Å². The highest BCUT2D eigenvalue weighted by Gasteiger charge is 2.05. The lowest BCUT2D eigenvalue weighted by Gasteiger charge is -2.14. The lowest BCUT2D eigenvalue weighted by Crippen LogP contribution is -2.15. The van der Waals surface area contributed by atoms with Gasteiger partial charge in [-0.2, -0.15) is 4.39 Å². The molecule has 0 fully saturated rings.